The number of rotatable bonds is 6. The Hall–Kier alpha value is -9.78. The van der Waals surface area contributed by atoms with E-state index in [0.717, 1.165) is 134 Å². The lowest BCUT2D eigenvalue weighted by Crippen LogP contribution is -2.19. The molecule has 0 unspecified atom stereocenters. The molecular formula is C66H46N6. The minimum atomic E-state index is 0.868. The van der Waals surface area contributed by atoms with Crippen LogP contribution in [-0.4, -0.2) is 31.4 Å². The summed E-state index contributed by atoms with van der Waals surface area (Å²) in [6.07, 6.45) is 8.60. The van der Waals surface area contributed by atoms with E-state index in [9.17, 15) is 0 Å². The van der Waals surface area contributed by atoms with Crippen LogP contribution in [0.4, 0.5) is 0 Å². The lowest BCUT2D eigenvalue weighted by molar-refractivity contribution is 1.22. The molecule has 0 spiro atoms. The van der Waals surface area contributed by atoms with Crippen molar-refractivity contribution in [1.82, 2.24) is 19.9 Å². The Morgan fingerprint density at radius 1 is 0.208 bits per heavy atom. The van der Waals surface area contributed by atoms with E-state index in [1.807, 2.05) is 0 Å². The minimum absolute atomic E-state index is 0.868. The highest BCUT2D eigenvalue weighted by Gasteiger charge is 2.23. The molecule has 340 valence electrons. The molecule has 0 amide bonds. The van der Waals surface area contributed by atoms with Crippen molar-refractivity contribution in [2.24, 2.45) is 9.98 Å². The Bertz CT molecular complexity index is 3860. The first-order valence-corrected chi connectivity index (χ1v) is 24.3. The summed E-state index contributed by atoms with van der Waals surface area (Å²) >= 11 is 0. The SMILES string of the molecule is C1=CC2=C(c3ccccc3)c3ccc([nH]3)C(c3ccccc3)=c3ccc([nH]3)=C(c3ccccc3)C3=NC(=C(c4ccccc4)c4ccc([nH]4)C(c4ccccc4)=c4ccc([nH]4)=C(c4ccccc4)C1=N2)C=C3. The summed E-state index contributed by atoms with van der Waals surface area (Å²) in [7, 11) is 0. The van der Waals surface area contributed by atoms with Crippen LogP contribution in [0.15, 0.2) is 276 Å². The number of nitrogens with zero attached hydrogens (tertiary/aromatic N) is 2. The molecule has 6 heteroatoms. The Kier molecular flexibility index (Phi) is 10.7. The second-order valence-electron chi connectivity index (χ2n) is 18.0. The molecule has 3 aliphatic rings. The van der Waals surface area contributed by atoms with E-state index in [-0.39, 0.29) is 0 Å². The van der Waals surface area contributed by atoms with Crippen LogP contribution >= 0.6 is 0 Å². The van der Waals surface area contributed by atoms with Crippen LogP contribution in [0.3, 0.4) is 0 Å². The van der Waals surface area contributed by atoms with Crippen molar-refractivity contribution in [2.75, 3.05) is 0 Å². The molecule has 0 radical (unpaired) electrons. The fraction of sp³-hybridized carbons (Fsp3) is 0. The number of benzene rings is 6. The Morgan fingerprint density at radius 3 is 0.764 bits per heavy atom. The van der Waals surface area contributed by atoms with E-state index >= 15 is 0 Å². The van der Waals surface area contributed by atoms with Gasteiger partial charge in [-0.25, -0.2) is 9.98 Å². The van der Waals surface area contributed by atoms with E-state index in [1.165, 1.54) is 0 Å². The van der Waals surface area contributed by atoms with Gasteiger partial charge >= 0.3 is 0 Å². The smallest absolute Gasteiger partial charge is 0.0737 e. The Balaban J connectivity index is 1.14. The molecule has 6 nitrogen and oxygen atoms in total. The number of aliphatic imine (C=N–C) groups is 2. The van der Waals surface area contributed by atoms with Crippen molar-refractivity contribution in [1.29, 1.82) is 0 Å². The highest BCUT2D eigenvalue weighted by molar-refractivity contribution is 6.31. The Labute approximate surface area is 416 Å². The molecule has 6 aromatic carbocycles. The number of fused-ring (bicyclic) bond motifs is 10. The third kappa shape index (κ3) is 7.83. The lowest BCUT2D eigenvalue weighted by Gasteiger charge is -2.11. The highest BCUT2D eigenvalue weighted by atomic mass is 14.8. The zero-order chi connectivity index (χ0) is 47.8. The van der Waals surface area contributed by atoms with Crippen molar-refractivity contribution < 1.29 is 0 Å². The van der Waals surface area contributed by atoms with Gasteiger partial charge in [-0.2, -0.15) is 0 Å². The van der Waals surface area contributed by atoms with Crippen LogP contribution in [0.25, 0.3) is 33.4 Å². The molecule has 12 bridgehead atoms. The van der Waals surface area contributed by atoms with Crippen LogP contribution in [-0.2, 0) is 0 Å². The van der Waals surface area contributed by atoms with Crippen LogP contribution in [0.5, 0.6) is 0 Å². The number of nitrogens with one attached hydrogen (secondary N) is 4. The molecule has 0 atom stereocenters. The standard InChI is InChI=1S/C66H46N6/c1-7-19-43(20-8-1)61-49-31-33-51(67-49)62(44-21-9-2-10-22-44)53-35-37-55(69-53)64(46-25-13-4-14-26-46)57-39-41-59(71-57)66(48-29-17-6-18-30-48)60-42-40-58(72-60)65(47-27-15-5-16-28-47)56-38-36-54(70-56)63(45-23-11-3-12-24-45)52-34-32-50(61)68-52/h1-42,67-68,71-72H. The van der Waals surface area contributed by atoms with Gasteiger partial charge in [-0.1, -0.05) is 182 Å². The number of aromatic amines is 4. The van der Waals surface area contributed by atoms with Gasteiger partial charge in [-0.15, -0.1) is 0 Å². The molecule has 4 N–H and O–H groups in total. The van der Waals surface area contributed by atoms with Crippen LogP contribution in [0, 0.1) is 0 Å². The predicted molar refractivity (Wildman–Crippen MR) is 294 cm³/mol. The zero-order valence-corrected chi connectivity index (χ0v) is 39.1. The minimum Gasteiger partial charge on any atom is -0.354 e. The lowest BCUT2D eigenvalue weighted by atomic mass is 10.0. The normalized spacial score (nSPS) is 14.5. The first kappa shape index (κ1) is 42.3. The molecule has 13 rings (SSSR count). The van der Waals surface area contributed by atoms with Crippen LogP contribution in [0.1, 0.15) is 56.2 Å². The number of hydrogen-bond acceptors (Lipinski definition) is 2. The van der Waals surface area contributed by atoms with E-state index in [4.69, 9.17) is 9.98 Å². The molecule has 3 aliphatic heterocycles. The molecule has 7 heterocycles. The fourth-order valence-corrected chi connectivity index (χ4v) is 10.3. The fourth-order valence-electron chi connectivity index (χ4n) is 10.3. The third-order valence-corrected chi connectivity index (χ3v) is 13.6. The largest absolute Gasteiger partial charge is 0.354 e. The van der Waals surface area contributed by atoms with Crippen LogP contribution < -0.4 is 21.4 Å². The van der Waals surface area contributed by atoms with Crippen molar-refractivity contribution in [3.63, 3.8) is 0 Å². The number of H-pyrrole nitrogens is 4. The monoisotopic (exact) mass is 922 g/mol. The summed E-state index contributed by atoms with van der Waals surface area (Å²) in [6.45, 7) is 0. The molecule has 72 heavy (non-hydrogen) atoms. The van der Waals surface area contributed by atoms with Crippen molar-refractivity contribution in [3.05, 3.63) is 344 Å². The summed E-state index contributed by atoms with van der Waals surface area (Å²) in [6, 6.07) is 80.9. The van der Waals surface area contributed by atoms with Crippen LogP contribution in [0.2, 0.25) is 0 Å². The van der Waals surface area contributed by atoms with Gasteiger partial charge < -0.3 is 19.9 Å². The molecular weight excluding hydrogens is 877 g/mol. The van der Waals surface area contributed by atoms with Crippen molar-refractivity contribution in [2.45, 2.75) is 0 Å². The zero-order valence-electron chi connectivity index (χ0n) is 39.1. The van der Waals surface area contributed by atoms with Gasteiger partial charge in [0.2, 0.25) is 0 Å². The quantitative estimate of drug-likeness (QED) is 0.128. The van der Waals surface area contributed by atoms with E-state index in [1.54, 1.807) is 0 Å². The predicted octanol–water partition coefficient (Wildman–Crippen LogP) is 11.1. The second kappa shape index (κ2) is 18.3. The molecule has 0 saturated carbocycles. The van der Waals surface area contributed by atoms with Gasteiger partial charge in [0.15, 0.2) is 0 Å². The average molecular weight is 923 g/mol. The summed E-state index contributed by atoms with van der Waals surface area (Å²) in [5.74, 6) is 0. The summed E-state index contributed by atoms with van der Waals surface area (Å²) in [4.78, 5) is 26.7. The maximum absolute atomic E-state index is 5.53. The first-order valence-electron chi connectivity index (χ1n) is 24.3. The third-order valence-electron chi connectivity index (χ3n) is 13.6. The second-order valence-corrected chi connectivity index (χ2v) is 18.0. The number of hydrogen-bond donors (Lipinski definition) is 4. The molecule has 10 aromatic rings. The molecule has 0 aliphatic carbocycles. The number of allylic oxidation sites excluding steroid dienone is 4. The number of aromatic nitrogens is 4. The van der Waals surface area contributed by atoms with Crippen molar-refractivity contribution >= 4 is 44.9 Å². The van der Waals surface area contributed by atoms with Gasteiger partial charge in [-0.05, 0) is 106 Å². The molecule has 0 fully saturated rings. The maximum Gasteiger partial charge on any atom is 0.0737 e. The van der Waals surface area contributed by atoms with Gasteiger partial charge in [0, 0.05) is 77.6 Å². The van der Waals surface area contributed by atoms with Gasteiger partial charge in [-0.3, -0.25) is 0 Å². The summed E-state index contributed by atoms with van der Waals surface area (Å²) in [5, 5.41) is 3.87. The highest BCUT2D eigenvalue weighted by Crippen LogP contribution is 2.35. The average Bonchev–Trinajstić information content (AvgIpc) is 4.32. The summed E-state index contributed by atoms with van der Waals surface area (Å²) in [5.41, 5.74) is 19.9. The molecule has 4 aromatic heterocycles. The topological polar surface area (TPSA) is 87.9 Å². The van der Waals surface area contributed by atoms with E-state index in [2.05, 4.69) is 275 Å². The van der Waals surface area contributed by atoms with Gasteiger partial charge in [0.05, 0.1) is 22.8 Å². The van der Waals surface area contributed by atoms with Gasteiger partial charge in [0.25, 0.3) is 0 Å². The Morgan fingerprint density at radius 2 is 0.458 bits per heavy atom. The molecule has 0 saturated heterocycles. The van der Waals surface area contributed by atoms with Gasteiger partial charge in [0.1, 0.15) is 0 Å². The van der Waals surface area contributed by atoms with E-state index < -0.39 is 0 Å². The first-order chi connectivity index (χ1) is 35.7. The maximum atomic E-state index is 5.53. The van der Waals surface area contributed by atoms with E-state index in [0.29, 0.717) is 0 Å². The summed E-state index contributed by atoms with van der Waals surface area (Å²) < 4.78 is 0. The van der Waals surface area contributed by atoms with Crippen molar-refractivity contribution in [3.8, 4) is 0 Å².